The van der Waals surface area contributed by atoms with Crippen LogP contribution in [0.1, 0.15) is 28.3 Å². The molecule has 1 aliphatic heterocycles. The van der Waals surface area contributed by atoms with E-state index in [4.69, 9.17) is 4.52 Å². The molecule has 0 unspecified atom stereocenters. The third kappa shape index (κ3) is 3.76. The summed E-state index contributed by atoms with van der Waals surface area (Å²) in [6.45, 7) is 9.92. The predicted molar refractivity (Wildman–Crippen MR) is 93.3 cm³/mol. The van der Waals surface area contributed by atoms with Crippen LogP contribution in [0.5, 0.6) is 0 Å². The third-order valence-electron chi connectivity index (χ3n) is 4.19. The van der Waals surface area contributed by atoms with Crippen molar-refractivity contribution in [3.63, 3.8) is 0 Å². The van der Waals surface area contributed by atoms with Crippen LogP contribution in [-0.2, 0) is 13.0 Å². The predicted octanol–water partition coefficient (Wildman–Crippen LogP) is 2.66. The Morgan fingerprint density at radius 1 is 1.33 bits per heavy atom. The summed E-state index contributed by atoms with van der Waals surface area (Å²) in [6.07, 6.45) is 2.65. The molecule has 1 N–H and O–H groups in total. The van der Waals surface area contributed by atoms with Gasteiger partial charge in [0.2, 0.25) is 0 Å². The van der Waals surface area contributed by atoms with Gasteiger partial charge in [0.05, 0.1) is 5.01 Å². The zero-order valence-electron chi connectivity index (χ0n) is 14.3. The number of hydrogen-bond acceptors (Lipinski definition) is 6. The molecular formula is C16H23N5O2S. The molecule has 0 saturated carbocycles. The number of piperazine rings is 1. The summed E-state index contributed by atoms with van der Waals surface area (Å²) in [5, 5.41) is 7.97. The number of thiazole rings is 1. The number of nitrogens with one attached hydrogen (secondary N) is 1. The summed E-state index contributed by atoms with van der Waals surface area (Å²) in [7, 11) is 0. The lowest BCUT2D eigenvalue weighted by Crippen LogP contribution is -2.49. The first kappa shape index (κ1) is 16.9. The number of hydrogen-bond donors (Lipinski definition) is 1. The van der Waals surface area contributed by atoms with E-state index in [0.717, 1.165) is 49.2 Å². The van der Waals surface area contributed by atoms with Gasteiger partial charge in [0.1, 0.15) is 11.4 Å². The summed E-state index contributed by atoms with van der Waals surface area (Å²) in [6, 6.07) is -0.0794. The molecule has 0 aromatic carbocycles. The Balaban J connectivity index is 1.52. The van der Waals surface area contributed by atoms with Crippen LogP contribution in [0.2, 0.25) is 0 Å². The second kappa shape index (κ2) is 7.31. The molecule has 1 fully saturated rings. The van der Waals surface area contributed by atoms with E-state index in [1.54, 1.807) is 11.3 Å². The van der Waals surface area contributed by atoms with Crippen LogP contribution in [0, 0.1) is 13.8 Å². The minimum Gasteiger partial charge on any atom is -0.359 e. The van der Waals surface area contributed by atoms with E-state index in [9.17, 15) is 4.79 Å². The number of nitrogens with zero attached hydrogens (tertiary/aromatic N) is 4. The molecular weight excluding hydrogens is 326 g/mol. The molecule has 1 saturated heterocycles. The van der Waals surface area contributed by atoms with Crippen molar-refractivity contribution in [3.8, 4) is 0 Å². The Hall–Kier alpha value is -1.93. The first-order valence-corrected chi connectivity index (χ1v) is 9.03. The molecule has 0 atom stereocenters. The third-order valence-corrected chi connectivity index (χ3v) is 5.09. The fourth-order valence-corrected chi connectivity index (χ4v) is 3.65. The van der Waals surface area contributed by atoms with Gasteiger partial charge in [-0.1, -0.05) is 12.1 Å². The van der Waals surface area contributed by atoms with Crippen LogP contribution < -0.4 is 5.32 Å². The van der Waals surface area contributed by atoms with Crippen LogP contribution in [0.15, 0.2) is 10.7 Å². The zero-order valence-corrected chi connectivity index (χ0v) is 15.2. The van der Waals surface area contributed by atoms with Gasteiger partial charge in [0, 0.05) is 50.2 Å². The average molecular weight is 349 g/mol. The van der Waals surface area contributed by atoms with Crippen LogP contribution >= 0.6 is 11.3 Å². The van der Waals surface area contributed by atoms with Gasteiger partial charge in [0.25, 0.3) is 0 Å². The first-order chi connectivity index (χ1) is 11.6. The van der Waals surface area contributed by atoms with Gasteiger partial charge >= 0.3 is 6.03 Å². The van der Waals surface area contributed by atoms with Gasteiger partial charge in [-0.05, 0) is 13.8 Å². The molecule has 1 aliphatic rings. The Morgan fingerprint density at radius 3 is 2.71 bits per heavy atom. The van der Waals surface area contributed by atoms with Gasteiger partial charge in [-0.2, -0.15) is 0 Å². The Kier molecular flexibility index (Phi) is 5.15. The van der Waals surface area contributed by atoms with Crippen LogP contribution in [0.25, 0.3) is 0 Å². The molecule has 130 valence electrons. The van der Waals surface area contributed by atoms with E-state index in [1.807, 2.05) is 31.9 Å². The Morgan fingerprint density at radius 2 is 2.08 bits per heavy atom. The highest BCUT2D eigenvalue weighted by atomic mass is 32.1. The maximum absolute atomic E-state index is 12.5. The number of aryl methyl sites for hydroxylation is 3. The maximum atomic E-state index is 12.5. The van der Waals surface area contributed by atoms with Crippen LogP contribution in [0.4, 0.5) is 10.5 Å². The van der Waals surface area contributed by atoms with Crippen molar-refractivity contribution in [1.29, 1.82) is 0 Å². The number of carbonyl (C=O) groups excluding carboxylic acids is 1. The highest BCUT2D eigenvalue weighted by molar-refractivity contribution is 7.11. The summed E-state index contributed by atoms with van der Waals surface area (Å²) >= 11 is 1.73. The van der Waals surface area contributed by atoms with E-state index in [1.165, 1.54) is 4.88 Å². The van der Waals surface area contributed by atoms with Crippen molar-refractivity contribution in [2.24, 2.45) is 0 Å². The molecule has 24 heavy (non-hydrogen) atoms. The van der Waals surface area contributed by atoms with Crippen molar-refractivity contribution < 1.29 is 9.32 Å². The Labute approximate surface area is 145 Å². The first-order valence-electron chi connectivity index (χ1n) is 8.21. The molecule has 7 nitrogen and oxygen atoms in total. The van der Waals surface area contributed by atoms with E-state index in [2.05, 4.69) is 20.4 Å². The normalized spacial score (nSPS) is 15.7. The fourth-order valence-electron chi connectivity index (χ4n) is 2.81. The molecule has 2 aromatic rings. The maximum Gasteiger partial charge on any atom is 0.322 e. The van der Waals surface area contributed by atoms with Crippen molar-refractivity contribution >= 4 is 23.1 Å². The van der Waals surface area contributed by atoms with Gasteiger partial charge in [-0.3, -0.25) is 4.90 Å². The molecule has 8 heteroatoms. The standard InChI is InChI=1S/C16H23N5O2S/c1-4-14-15(11(2)19-23-14)18-16(22)21-7-5-20(6-8-21)10-13-9-17-12(3)24-13/h9H,4-8,10H2,1-3H3,(H,18,22). The van der Waals surface area contributed by atoms with Gasteiger partial charge in [-0.15, -0.1) is 11.3 Å². The topological polar surface area (TPSA) is 74.5 Å². The summed E-state index contributed by atoms with van der Waals surface area (Å²) in [5.74, 6) is 0.722. The average Bonchev–Trinajstić information content (AvgIpc) is 3.14. The van der Waals surface area contributed by atoms with Crippen LogP contribution in [-0.4, -0.2) is 52.2 Å². The number of anilines is 1. The van der Waals surface area contributed by atoms with Crippen LogP contribution in [0.3, 0.4) is 0 Å². The second-order valence-electron chi connectivity index (χ2n) is 5.96. The number of amides is 2. The molecule has 0 spiro atoms. The lowest BCUT2D eigenvalue weighted by molar-refractivity contribution is 0.143. The van der Waals surface area contributed by atoms with E-state index >= 15 is 0 Å². The number of rotatable bonds is 4. The minimum absolute atomic E-state index is 0.0794. The van der Waals surface area contributed by atoms with Crippen molar-refractivity contribution in [2.75, 3.05) is 31.5 Å². The monoisotopic (exact) mass is 349 g/mol. The second-order valence-corrected chi connectivity index (χ2v) is 7.28. The molecule has 2 amide bonds. The summed E-state index contributed by atoms with van der Waals surface area (Å²) in [4.78, 5) is 22.3. The van der Waals surface area contributed by atoms with E-state index < -0.39 is 0 Å². The smallest absolute Gasteiger partial charge is 0.322 e. The molecule has 0 radical (unpaired) electrons. The fraction of sp³-hybridized carbons (Fsp3) is 0.562. The highest BCUT2D eigenvalue weighted by Gasteiger charge is 2.23. The summed E-state index contributed by atoms with van der Waals surface area (Å²) < 4.78 is 5.22. The molecule has 0 aliphatic carbocycles. The number of urea groups is 1. The number of aromatic nitrogens is 2. The van der Waals surface area contributed by atoms with Gasteiger partial charge in [-0.25, -0.2) is 9.78 Å². The molecule has 0 bridgehead atoms. The molecule has 3 rings (SSSR count). The largest absolute Gasteiger partial charge is 0.359 e. The van der Waals surface area contributed by atoms with Gasteiger partial charge < -0.3 is 14.7 Å². The Bertz CT molecular complexity index is 703. The lowest BCUT2D eigenvalue weighted by Gasteiger charge is -2.34. The van der Waals surface area contributed by atoms with Gasteiger partial charge in [0.15, 0.2) is 5.76 Å². The minimum atomic E-state index is -0.0794. The highest BCUT2D eigenvalue weighted by Crippen LogP contribution is 2.21. The van der Waals surface area contributed by atoms with E-state index in [-0.39, 0.29) is 6.03 Å². The number of carbonyl (C=O) groups is 1. The molecule has 3 heterocycles. The quantitative estimate of drug-likeness (QED) is 0.918. The molecule has 2 aromatic heterocycles. The zero-order chi connectivity index (χ0) is 17.1. The SMILES string of the molecule is CCc1onc(C)c1NC(=O)N1CCN(Cc2cnc(C)s2)CC1. The van der Waals surface area contributed by atoms with Crippen molar-refractivity contribution in [1.82, 2.24) is 19.9 Å². The van der Waals surface area contributed by atoms with E-state index in [0.29, 0.717) is 12.1 Å². The van der Waals surface area contributed by atoms with Crippen molar-refractivity contribution in [2.45, 2.75) is 33.7 Å². The lowest BCUT2D eigenvalue weighted by atomic mass is 10.2. The van der Waals surface area contributed by atoms with Crippen molar-refractivity contribution in [3.05, 3.63) is 27.5 Å². The summed E-state index contributed by atoms with van der Waals surface area (Å²) in [5.41, 5.74) is 1.43.